The summed E-state index contributed by atoms with van der Waals surface area (Å²) >= 11 is 7.44. The molecule has 0 unspecified atom stereocenters. The second-order valence-corrected chi connectivity index (χ2v) is 6.49. The molecule has 0 aliphatic rings. The smallest absolute Gasteiger partial charge is 0.202 e. The number of halogens is 1. The Kier molecular flexibility index (Phi) is 3.66. The molecule has 1 heterocycles. The molecule has 0 aliphatic carbocycles. The van der Waals surface area contributed by atoms with Crippen LogP contribution in [0.3, 0.4) is 0 Å². The number of hydrogen-bond donors (Lipinski definition) is 0. The molecule has 0 spiro atoms. The first-order chi connectivity index (χ1) is 10.0. The molecule has 0 saturated carbocycles. The van der Waals surface area contributed by atoms with Crippen molar-refractivity contribution < 1.29 is 4.79 Å². The minimum absolute atomic E-state index is 0.0313. The molecule has 1 aromatic heterocycles. The number of thiophene rings is 1. The zero-order valence-electron chi connectivity index (χ0n) is 11.5. The van der Waals surface area contributed by atoms with Crippen LogP contribution >= 0.6 is 22.9 Å². The summed E-state index contributed by atoms with van der Waals surface area (Å²) in [7, 11) is 0. The first-order valence-electron chi connectivity index (χ1n) is 6.54. The molecule has 0 fully saturated rings. The number of carbonyl (C=O) groups excluding carboxylic acids is 1. The van der Waals surface area contributed by atoms with Crippen LogP contribution in [0.15, 0.2) is 55.1 Å². The number of rotatable bonds is 3. The third-order valence-electron chi connectivity index (χ3n) is 3.38. The van der Waals surface area contributed by atoms with Gasteiger partial charge in [-0.3, -0.25) is 4.79 Å². The topological polar surface area (TPSA) is 17.1 Å². The quantitative estimate of drug-likeness (QED) is 0.444. The summed E-state index contributed by atoms with van der Waals surface area (Å²) in [4.78, 5) is 13.3. The fourth-order valence-corrected chi connectivity index (χ4v) is 3.46. The predicted octanol–water partition coefficient (Wildman–Crippen LogP) is 5.76. The van der Waals surface area contributed by atoms with E-state index in [1.165, 1.54) is 11.3 Å². The van der Waals surface area contributed by atoms with Crippen molar-refractivity contribution in [3.63, 3.8) is 0 Å². The summed E-state index contributed by atoms with van der Waals surface area (Å²) in [5, 5.41) is 1.71. The maximum absolute atomic E-state index is 12.6. The monoisotopic (exact) mass is 312 g/mol. The average molecular weight is 313 g/mol. The highest BCUT2D eigenvalue weighted by atomic mass is 35.5. The van der Waals surface area contributed by atoms with Gasteiger partial charge in [0.25, 0.3) is 0 Å². The summed E-state index contributed by atoms with van der Waals surface area (Å²) in [6.45, 7) is 5.97. The van der Waals surface area contributed by atoms with E-state index >= 15 is 0 Å². The predicted molar refractivity (Wildman–Crippen MR) is 91.4 cm³/mol. The van der Waals surface area contributed by atoms with E-state index in [1.807, 2.05) is 55.5 Å². The Morgan fingerprint density at radius 3 is 2.52 bits per heavy atom. The number of hydrogen-bond acceptors (Lipinski definition) is 2. The molecule has 0 amide bonds. The van der Waals surface area contributed by atoms with E-state index in [0.717, 1.165) is 21.2 Å². The number of fused-ring (bicyclic) bond motifs is 1. The van der Waals surface area contributed by atoms with Crippen molar-refractivity contribution in [3.8, 4) is 0 Å². The van der Waals surface area contributed by atoms with E-state index in [0.29, 0.717) is 15.5 Å². The fraction of sp³-hybridized carbons (Fsp3) is 0.0556. The van der Waals surface area contributed by atoms with Crippen LogP contribution in [0.25, 0.3) is 15.7 Å². The summed E-state index contributed by atoms with van der Waals surface area (Å²) in [6.07, 6.45) is 0. The third-order valence-corrected chi connectivity index (χ3v) is 4.71. The lowest BCUT2D eigenvalue weighted by Gasteiger charge is -2.03. The van der Waals surface area contributed by atoms with Crippen molar-refractivity contribution in [2.75, 3.05) is 0 Å². The minimum Gasteiger partial charge on any atom is -0.288 e. The Balaban J connectivity index is 1.96. The van der Waals surface area contributed by atoms with Gasteiger partial charge in [-0.2, -0.15) is 0 Å². The molecule has 0 radical (unpaired) electrons. The van der Waals surface area contributed by atoms with Gasteiger partial charge < -0.3 is 0 Å². The van der Waals surface area contributed by atoms with Crippen molar-refractivity contribution in [1.82, 2.24) is 0 Å². The van der Waals surface area contributed by atoms with E-state index in [9.17, 15) is 4.79 Å². The lowest BCUT2D eigenvalue weighted by molar-refractivity contribution is 0.106. The van der Waals surface area contributed by atoms with E-state index < -0.39 is 0 Å². The van der Waals surface area contributed by atoms with Crippen LogP contribution < -0.4 is 0 Å². The van der Waals surface area contributed by atoms with Crippen LogP contribution in [0.1, 0.15) is 20.8 Å². The van der Waals surface area contributed by atoms with E-state index in [1.54, 1.807) is 0 Å². The maximum Gasteiger partial charge on any atom is 0.202 e. The van der Waals surface area contributed by atoms with Gasteiger partial charge in [-0.1, -0.05) is 54.1 Å². The van der Waals surface area contributed by atoms with E-state index in [4.69, 9.17) is 11.6 Å². The van der Waals surface area contributed by atoms with Crippen molar-refractivity contribution >= 4 is 44.4 Å². The highest BCUT2D eigenvalue weighted by Gasteiger charge is 2.15. The van der Waals surface area contributed by atoms with E-state index in [-0.39, 0.29) is 5.78 Å². The second kappa shape index (κ2) is 5.47. The highest BCUT2D eigenvalue weighted by molar-refractivity contribution is 7.21. The summed E-state index contributed by atoms with van der Waals surface area (Å²) in [5.74, 6) is -0.0313. The first kappa shape index (κ1) is 14.1. The van der Waals surface area contributed by atoms with Gasteiger partial charge in [-0.05, 0) is 36.1 Å². The molecular formula is C18H13ClOS. The molecule has 0 saturated heterocycles. The Morgan fingerprint density at radius 1 is 1.10 bits per heavy atom. The van der Waals surface area contributed by atoms with Gasteiger partial charge in [-0.15, -0.1) is 11.3 Å². The SMILES string of the molecule is C=C(C(=O)c1cc2ccc(Cl)cc2s1)c1ccc(C)cc1. The molecule has 2 aromatic carbocycles. The van der Waals surface area contributed by atoms with Crippen molar-refractivity contribution in [2.45, 2.75) is 6.92 Å². The van der Waals surface area contributed by atoms with Gasteiger partial charge in [0.2, 0.25) is 5.78 Å². The Labute approximate surface area is 132 Å². The number of Topliss-reactive ketones (excluding diaryl/α,β-unsaturated/α-hetero) is 1. The van der Waals surface area contributed by atoms with Crippen LogP contribution in [0.2, 0.25) is 5.02 Å². The van der Waals surface area contributed by atoms with E-state index in [2.05, 4.69) is 6.58 Å². The van der Waals surface area contributed by atoms with Crippen molar-refractivity contribution in [2.24, 2.45) is 0 Å². The van der Waals surface area contributed by atoms with Gasteiger partial charge in [0, 0.05) is 15.3 Å². The van der Waals surface area contributed by atoms with Gasteiger partial charge in [-0.25, -0.2) is 0 Å². The molecule has 3 aromatic rings. The average Bonchev–Trinajstić information content (AvgIpc) is 2.89. The van der Waals surface area contributed by atoms with Crippen LogP contribution in [0.4, 0.5) is 0 Å². The minimum atomic E-state index is -0.0313. The molecule has 21 heavy (non-hydrogen) atoms. The zero-order valence-corrected chi connectivity index (χ0v) is 13.1. The van der Waals surface area contributed by atoms with Gasteiger partial charge in [0.05, 0.1) is 4.88 Å². The summed E-state index contributed by atoms with van der Waals surface area (Å²) in [5.41, 5.74) is 2.55. The first-order valence-corrected chi connectivity index (χ1v) is 7.74. The Hall–Kier alpha value is -1.90. The third kappa shape index (κ3) is 2.78. The number of allylic oxidation sites excluding steroid dienone is 1. The normalized spacial score (nSPS) is 10.8. The van der Waals surface area contributed by atoms with Crippen molar-refractivity contribution in [1.29, 1.82) is 0 Å². The Bertz CT molecular complexity index is 843. The largest absolute Gasteiger partial charge is 0.288 e. The zero-order chi connectivity index (χ0) is 15.0. The standard InChI is InChI=1S/C18H13ClOS/c1-11-3-5-13(6-4-11)12(2)18(20)17-9-14-7-8-15(19)10-16(14)21-17/h3-10H,2H2,1H3. The number of carbonyl (C=O) groups is 1. The molecule has 3 rings (SSSR count). The van der Waals surface area contributed by atoms with Crippen LogP contribution in [0, 0.1) is 6.92 Å². The lowest BCUT2D eigenvalue weighted by Crippen LogP contribution is -1.98. The van der Waals surface area contributed by atoms with Crippen LogP contribution in [-0.2, 0) is 0 Å². The Morgan fingerprint density at radius 2 is 1.81 bits per heavy atom. The molecule has 0 aliphatic heterocycles. The van der Waals surface area contributed by atoms with Gasteiger partial charge >= 0.3 is 0 Å². The van der Waals surface area contributed by atoms with Crippen LogP contribution in [0.5, 0.6) is 0 Å². The molecule has 3 heteroatoms. The molecule has 0 atom stereocenters. The maximum atomic E-state index is 12.6. The molecule has 1 nitrogen and oxygen atoms in total. The fourth-order valence-electron chi connectivity index (χ4n) is 2.15. The number of benzene rings is 2. The van der Waals surface area contributed by atoms with Gasteiger partial charge in [0.15, 0.2) is 0 Å². The summed E-state index contributed by atoms with van der Waals surface area (Å²) < 4.78 is 1.02. The summed E-state index contributed by atoms with van der Waals surface area (Å²) in [6, 6.07) is 15.4. The number of aryl methyl sites for hydroxylation is 1. The van der Waals surface area contributed by atoms with Gasteiger partial charge in [0.1, 0.15) is 0 Å². The number of ketones is 1. The second-order valence-electron chi connectivity index (χ2n) is 4.97. The molecule has 104 valence electrons. The highest BCUT2D eigenvalue weighted by Crippen LogP contribution is 2.31. The van der Waals surface area contributed by atoms with Crippen molar-refractivity contribution in [3.05, 3.63) is 76.1 Å². The molecular weight excluding hydrogens is 300 g/mol. The van der Waals surface area contributed by atoms with Crippen LogP contribution in [-0.4, -0.2) is 5.78 Å². The lowest BCUT2D eigenvalue weighted by atomic mass is 10.0. The molecule has 0 bridgehead atoms. The molecule has 0 N–H and O–H groups in total.